The molecule has 2 aromatic rings. The van der Waals surface area contributed by atoms with Crippen LogP contribution in [0.25, 0.3) is 0 Å². The highest BCUT2D eigenvalue weighted by Crippen LogP contribution is 2.28. The first kappa shape index (κ1) is 20.1. The number of hydrogen-bond donors (Lipinski definition) is 2. The number of carbonyl (C=O) groups excluding carboxylic acids is 1. The van der Waals surface area contributed by atoms with Crippen molar-refractivity contribution in [3.8, 4) is 0 Å². The summed E-state index contributed by atoms with van der Waals surface area (Å²) < 4.78 is 26.6. The SMILES string of the molecule is CCN(CC)S(=O)(=O)c1cc(NC(=O)c2cc(Cl)c(Cl)[nH]2)ccc1Cl. The van der Waals surface area contributed by atoms with E-state index in [2.05, 4.69) is 10.3 Å². The first-order valence-corrected chi connectivity index (χ1v) is 9.93. The van der Waals surface area contributed by atoms with E-state index in [1.54, 1.807) is 13.8 Å². The Balaban J connectivity index is 2.34. The van der Waals surface area contributed by atoms with E-state index in [1.165, 1.54) is 28.6 Å². The lowest BCUT2D eigenvalue weighted by molar-refractivity contribution is 0.102. The lowest BCUT2D eigenvalue weighted by Gasteiger charge is -2.19. The number of nitrogens with one attached hydrogen (secondary N) is 2. The summed E-state index contributed by atoms with van der Waals surface area (Å²) >= 11 is 17.6. The third-order valence-corrected chi connectivity index (χ3v) is 6.71. The average Bonchev–Trinajstić information content (AvgIpc) is 2.89. The Hall–Kier alpha value is -1.25. The van der Waals surface area contributed by atoms with Crippen molar-refractivity contribution in [3.05, 3.63) is 45.2 Å². The van der Waals surface area contributed by atoms with Gasteiger partial charge in [-0.2, -0.15) is 4.31 Å². The molecule has 0 saturated carbocycles. The molecule has 10 heteroatoms. The first-order chi connectivity index (χ1) is 11.7. The predicted octanol–water partition coefficient (Wildman–Crippen LogP) is 4.26. The quantitative estimate of drug-likeness (QED) is 0.727. The van der Waals surface area contributed by atoms with Crippen LogP contribution in [0.1, 0.15) is 24.3 Å². The van der Waals surface area contributed by atoms with E-state index < -0.39 is 15.9 Å². The van der Waals surface area contributed by atoms with E-state index in [0.717, 1.165) is 0 Å². The molecular formula is C15H16Cl3N3O3S. The summed E-state index contributed by atoms with van der Waals surface area (Å²) in [6.07, 6.45) is 0. The third-order valence-electron chi connectivity index (χ3n) is 3.48. The summed E-state index contributed by atoms with van der Waals surface area (Å²) in [5.74, 6) is -0.512. The number of rotatable bonds is 6. The van der Waals surface area contributed by atoms with Gasteiger partial charge in [0.2, 0.25) is 10.0 Å². The lowest BCUT2D eigenvalue weighted by Crippen LogP contribution is -2.30. The number of benzene rings is 1. The highest BCUT2D eigenvalue weighted by Gasteiger charge is 2.25. The van der Waals surface area contributed by atoms with Crippen molar-refractivity contribution >= 4 is 56.4 Å². The zero-order valence-electron chi connectivity index (χ0n) is 13.4. The molecule has 0 radical (unpaired) electrons. The topological polar surface area (TPSA) is 82.3 Å². The maximum Gasteiger partial charge on any atom is 0.272 e. The molecule has 0 aliphatic heterocycles. The fourth-order valence-electron chi connectivity index (χ4n) is 2.21. The summed E-state index contributed by atoms with van der Waals surface area (Å²) in [4.78, 5) is 14.8. The van der Waals surface area contributed by atoms with E-state index in [9.17, 15) is 13.2 Å². The van der Waals surface area contributed by atoms with Crippen LogP contribution in [-0.4, -0.2) is 36.7 Å². The number of amides is 1. The molecule has 0 bridgehead atoms. The van der Waals surface area contributed by atoms with Gasteiger partial charge in [-0.1, -0.05) is 48.7 Å². The minimum atomic E-state index is -3.76. The first-order valence-electron chi connectivity index (χ1n) is 7.35. The Morgan fingerprint density at radius 3 is 2.28 bits per heavy atom. The van der Waals surface area contributed by atoms with Crippen molar-refractivity contribution < 1.29 is 13.2 Å². The number of halogens is 3. The molecule has 1 amide bonds. The number of sulfonamides is 1. The highest BCUT2D eigenvalue weighted by atomic mass is 35.5. The summed E-state index contributed by atoms with van der Waals surface area (Å²) in [6, 6.07) is 5.62. The van der Waals surface area contributed by atoms with Gasteiger partial charge < -0.3 is 10.3 Å². The van der Waals surface area contributed by atoms with Gasteiger partial charge in [-0.05, 0) is 24.3 Å². The van der Waals surface area contributed by atoms with Gasteiger partial charge in [0.1, 0.15) is 15.7 Å². The molecule has 1 aromatic heterocycles. The number of nitrogens with zero attached hydrogens (tertiary/aromatic N) is 1. The van der Waals surface area contributed by atoms with Crippen molar-refractivity contribution in [1.82, 2.24) is 9.29 Å². The summed E-state index contributed by atoms with van der Waals surface area (Å²) in [6.45, 7) is 4.09. The van der Waals surface area contributed by atoms with Crippen LogP contribution in [0.2, 0.25) is 15.2 Å². The van der Waals surface area contributed by atoms with Gasteiger partial charge in [-0.25, -0.2) is 8.42 Å². The van der Waals surface area contributed by atoms with E-state index >= 15 is 0 Å². The normalized spacial score (nSPS) is 11.8. The van der Waals surface area contributed by atoms with Gasteiger partial charge in [0.15, 0.2) is 0 Å². The van der Waals surface area contributed by atoms with Gasteiger partial charge in [0, 0.05) is 18.8 Å². The monoisotopic (exact) mass is 423 g/mol. The van der Waals surface area contributed by atoms with E-state index in [1.807, 2.05) is 0 Å². The van der Waals surface area contributed by atoms with Crippen molar-refractivity contribution in [2.45, 2.75) is 18.7 Å². The Labute approximate surface area is 161 Å². The Morgan fingerprint density at radius 2 is 1.76 bits per heavy atom. The zero-order chi connectivity index (χ0) is 18.8. The fourth-order valence-corrected chi connectivity index (χ4v) is 4.48. The number of anilines is 1. The van der Waals surface area contributed by atoms with Crippen LogP contribution in [0, 0.1) is 0 Å². The number of H-pyrrole nitrogens is 1. The molecule has 1 heterocycles. The van der Waals surface area contributed by atoms with Gasteiger partial charge in [-0.15, -0.1) is 0 Å². The average molecular weight is 425 g/mol. The van der Waals surface area contributed by atoms with Gasteiger partial charge >= 0.3 is 0 Å². The Kier molecular flexibility index (Phi) is 6.40. The van der Waals surface area contributed by atoms with E-state index in [-0.39, 0.29) is 31.5 Å². The molecule has 0 saturated heterocycles. The molecule has 2 N–H and O–H groups in total. The molecule has 1 aromatic carbocycles. The second kappa shape index (κ2) is 7.97. The summed E-state index contributed by atoms with van der Waals surface area (Å²) in [5.41, 5.74) is 0.431. The van der Waals surface area contributed by atoms with Crippen LogP contribution in [-0.2, 0) is 10.0 Å². The number of aromatic amines is 1. The highest BCUT2D eigenvalue weighted by molar-refractivity contribution is 7.89. The van der Waals surface area contributed by atoms with Crippen molar-refractivity contribution in [2.24, 2.45) is 0 Å². The van der Waals surface area contributed by atoms with Crippen LogP contribution in [0.3, 0.4) is 0 Å². The second-order valence-electron chi connectivity index (χ2n) is 5.03. The number of carbonyl (C=O) groups is 1. The Morgan fingerprint density at radius 1 is 1.12 bits per heavy atom. The minimum absolute atomic E-state index is 0.0711. The molecule has 0 fully saturated rings. The largest absolute Gasteiger partial charge is 0.340 e. The van der Waals surface area contributed by atoms with Crippen LogP contribution in [0.15, 0.2) is 29.2 Å². The molecule has 2 rings (SSSR count). The third kappa shape index (κ3) is 4.30. The second-order valence-corrected chi connectivity index (χ2v) is 8.13. The molecule has 0 atom stereocenters. The summed E-state index contributed by atoms with van der Waals surface area (Å²) in [5, 5.41) is 3.03. The maximum atomic E-state index is 12.7. The molecule has 136 valence electrons. The molecule has 0 unspecified atom stereocenters. The van der Waals surface area contributed by atoms with E-state index in [0.29, 0.717) is 13.1 Å². The van der Waals surface area contributed by atoms with Gasteiger partial charge in [0.05, 0.1) is 10.0 Å². The van der Waals surface area contributed by atoms with Gasteiger partial charge in [-0.3, -0.25) is 4.79 Å². The van der Waals surface area contributed by atoms with Crippen LogP contribution >= 0.6 is 34.8 Å². The van der Waals surface area contributed by atoms with Crippen LogP contribution in [0.4, 0.5) is 5.69 Å². The lowest BCUT2D eigenvalue weighted by atomic mass is 10.3. The molecular weight excluding hydrogens is 409 g/mol. The molecule has 0 aliphatic carbocycles. The number of aromatic nitrogens is 1. The molecule has 6 nitrogen and oxygen atoms in total. The van der Waals surface area contributed by atoms with Crippen LogP contribution in [0.5, 0.6) is 0 Å². The predicted molar refractivity (Wildman–Crippen MR) is 100 cm³/mol. The summed E-state index contributed by atoms with van der Waals surface area (Å²) in [7, 11) is -3.76. The smallest absolute Gasteiger partial charge is 0.272 e. The minimum Gasteiger partial charge on any atom is -0.340 e. The molecule has 25 heavy (non-hydrogen) atoms. The van der Waals surface area contributed by atoms with Gasteiger partial charge in [0.25, 0.3) is 5.91 Å². The van der Waals surface area contributed by atoms with Crippen molar-refractivity contribution in [1.29, 1.82) is 0 Å². The molecule has 0 aliphatic rings. The van der Waals surface area contributed by atoms with Crippen molar-refractivity contribution in [3.63, 3.8) is 0 Å². The van der Waals surface area contributed by atoms with Crippen molar-refractivity contribution in [2.75, 3.05) is 18.4 Å². The molecule has 0 spiro atoms. The zero-order valence-corrected chi connectivity index (χ0v) is 16.5. The standard InChI is InChI=1S/C15H16Cl3N3O3S/c1-3-21(4-2)25(23,24)13-7-9(5-6-10(13)16)19-15(22)12-8-11(17)14(18)20-12/h5-8,20H,3-4H2,1-2H3,(H,19,22). The van der Waals surface area contributed by atoms with E-state index in [4.69, 9.17) is 34.8 Å². The fraction of sp³-hybridized carbons (Fsp3) is 0.267. The maximum absolute atomic E-state index is 12.7. The number of hydrogen-bond acceptors (Lipinski definition) is 3. The Bertz CT molecular complexity index is 873. The van der Waals surface area contributed by atoms with Crippen LogP contribution < -0.4 is 5.32 Å².